The summed E-state index contributed by atoms with van der Waals surface area (Å²) in [7, 11) is 1.80. The van der Waals surface area contributed by atoms with Gasteiger partial charge >= 0.3 is 0 Å². The zero-order valence-corrected chi connectivity index (χ0v) is 15.6. The molecule has 142 valence electrons. The molecule has 1 N–H and O–H groups in total. The van der Waals surface area contributed by atoms with Gasteiger partial charge in [0.05, 0.1) is 0 Å². The quantitative estimate of drug-likeness (QED) is 0.894. The van der Waals surface area contributed by atoms with Crippen LogP contribution in [0.5, 0.6) is 0 Å². The number of piperidine rings is 1. The number of aromatic nitrogens is 2. The van der Waals surface area contributed by atoms with Gasteiger partial charge in [-0.3, -0.25) is 14.3 Å². The number of rotatable bonds is 4. The van der Waals surface area contributed by atoms with E-state index in [4.69, 9.17) is 0 Å². The van der Waals surface area contributed by atoms with Gasteiger partial charge in [0.25, 0.3) is 5.91 Å². The average molecular weight is 367 g/mol. The minimum absolute atomic E-state index is 0.0692. The Morgan fingerprint density at radius 2 is 1.70 bits per heavy atom. The lowest BCUT2D eigenvalue weighted by Gasteiger charge is -2.46. The molecule has 2 fully saturated rings. The third-order valence-electron chi connectivity index (χ3n) is 5.55. The predicted molar refractivity (Wildman–Crippen MR) is 102 cm³/mol. The monoisotopic (exact) mass is 367 g/mol. The molecule has 2 aromatic rings. The highest BCUT2D eigenvalue weighted by atomic mass is 16.2. The molecule has 2 amide bonds. The van der Waals surface area contributed by atoms with Gasteiger partial charge in [-0.1, -0.05) is 18.2 Å². The van der Waals surface area contributed by atoms with Crippen molar-refractivity contribution in [3.8, 4) is 0 Å². The van der Waals surface area contributed by atoms with E-state index in [1.54, 1.807) is 28.9 Å². The molecule has 0 spiro atoms. The highest BCUT2D eigenvalue weighted by molar-refractivity contribution is 5.93. The summed E-state index contributed by atoms with van der Waals surface area (Å²) >= 11 is 0. The topological polar surface area (TPSA) is 70.5 Å². The lowest BCUT2D eigenvalue weighted by molar-refractivity contribution is -0.141. The fourth-order valence-electron chi connectivity index (χ4n) is 3.79. The molecule has 1 aromatic carbocycles. The first-order chi connectivity index (χ1) is 13.1. The first-order valence-electron chi connectivity index (χ1n) is 9.49. The molecule has 7 heteroatoms. The van der Waals surface area contributed by atoms with E-state index >= 15 is 0 Å². The van der Waals surface area contributed by atoms with Crippen LogP contribution in [0.25, 0.3) is 0 Å². The van der Waals surface area contributed by atoms with E-state index in [0.717, 1.165) is 25.2 Å². The Labute approximate surface area is 158 Å². The van der Waals surface area contributed by atoms with Crippen molar-refractivity contribution in [2.45, 2.75) is 24.8 Å². The van der Waals surface area contributed by atoms with E-state index < -0.39 is 5.54 Å². The summed E-state index contributed by atoms with van der Waals surface area (Å²) in [6.45, 7) is 2.73. The molecule has 2 aliphatic heterocycles. The number of carbonyl (C=O) groups is 2. The SMILES string of the molecule is Cn1ccc(C(=O)N2CCC(Nc3ccccc3)(C(=O)N3CCC3)CC2)n1. The smallest absolute Gasteiger partial charge is 0.274 e. The summed E-state index contributed by atoms with van der Waals surface area (Å²) in [5, 5.41) is 7.71. The molecular formula is C20H25N5O2. The standard InChI is InChI=1S/C20H25N5O2/c1-23-13-8-17(22-23)18(26)24-14-9-20(10-15-24,19(27)25-11-5-12-25)21-16-6-3-2-4-7-16/h2-4,6-8,13,21H,5,9-12,14-15H2,1H3. The van der Waals surface area contributed by atoms with Crippen LogP contribution in [0.15, 0.2) is 42.6 Å². The van der Waals surface area contributed by atoms with Crippen molar-refractivity contribution in [3.63, 3.8) is 0 Å². The second kappa shape index (κ2) is 7.06. The number of aryl methyl sites for hydroxylation is 1. The van der Waals surface area contributed by atoms with Gasteiger partial charge in [0, 0.05) is 45.1 Å². The van der Waals surface area contributed by atoms with Crippen molar-refractivity contribution >= 4 is 17.5 Å². The number of para-hydroxylation sites is 1. The van der Waals surface area contributed by atoms with Crippen molar-refractivity contribution in [2.24, 2.45) is 7.05 Å². The maximum atomic E-state index is 13.2. The molecule has 4 rings (SSSR count). The zero-order valence-electron chi connectivity index (χ0n) is 15.6. The minimum atomic E-state index is -0.650. The molecule has 0 radical (unpaired) electrons. The van der Waals surface area contributed by atoms with Gasteiger partial charge in [-0.05, 0) is 37.5 Å². The van der Waals surface area contributed by atoms with Gasteiger partial charge in [-0.25, -0.2) is 0 Å². The normalized spacial score (nSPS) is 18.7. The van der Waals surface area contributed by atoms with Crippen LogP contribution in [0.2, 0.25) is 0 Å². The summed E-state index contributed by atoms with van der Waals surface area (Å²) in [5.74, 6) is 0.0860. The van der Waals surface area contributed by atoms with E-state index in [1.165, 1.54) is 0 Å². The molecular weight excluding hydrogens is 342 g/mol. The van der Waals surface area contributed by atoms with Crippen LogP contribution in [0, 0.1) is 0 Å². The average Bonchev–Trinajstić information content (AvgIpc) is 3.07. The van der Waals surface area contributed by atoms with E-state index in [0.29, 0.717) is 31.6 Å². The Balaban J connectivity index is 1.51. The fourth-order valence-corrected chi connectivity index (χ4v) is 3.79. The van der Waals surface area contributed by atoms with Gasteiger partial charge in [-0.2, -0.15) is 5.10 Å². The Morgan fingerprint density at radius 1 is 1.00 bits per heavy atom. The molecule has 27 heavy (non-hydrogen) atoms. The molecule has 0 aliphatic carbocycles. The first kappa shape index (κ1) is 17.6. The maximum Gasteiger partial charge on any atom is 0.274 e. The summed E-state index contributed by atoms with van der Waals surface area (Å²) < 4.78 is 1.63. The van der Waals surface area contributed by atoms with Gasteiger partial charge in [0.1, 0.15) is 11.2 Å². The third kappa shape index (κ3) is 3.41. The van der Waals surface area contributed by atoms with Gasteiger partial charge in [-0.15, -0.1) is 0 Å². The van der Waals surface area contributed by atoms with Crippen molar-refractivity contribution < 1.29 is 9.59 Å². The molecule has 0 atom stereocenters. The molecule has 0 bridgehead atoms. The number of hydrogen-bond donors (Lipinski definition) is 1. The molecule has 7 nitrogen and oxygen atoms in total. The number of carbonyl (C=O) groups excluding carboxylic acids is 2. The van der Waals surface area contributed by atoms with E-state index in [9.17, 15) is 9.59 Å². The summed E-state index contributed by atoms with van der Waals surface area (Å²) in [6.07, 6.45) is 4.02. The summed E-state index contributed by atoms with van der Waals surface area (Å²) in [5.41, 5.74) is 0.744. The van der Waals surface area contributed by atoms with Crippen LogP contribution < -0.4 is 5.32 Å². The van der Waals surface area contributed by atoms with Gasteiger partial charge in [0.2, 0.25) is 5.91 Å². The van der Waals surface area contributed by atoms with Crippen LogP contribution >= 0.6 is 0 Å². The Bertz CT molecular complexity index is 820. The van der Waals surface area contributed by atoms with Crippen LogP contribution in [-0.2, 0) is 11.8 Å². The van der Waals surface area contributed by atoms with Crippen molar-refractivity contribution in [3.05, 3.63) is 48.3 Å². The molecule has 0 unspecified atom stereocenters. The second-order valence-corrected chi connectivity index (χ2v) is 7.39. The van der Waals surface area contributed by atoms with E-state index in [-0.39, 0.29) is 11.8 Å². The Morgan fingerprint density at radius 3 is 2.26 bits per heavy atom. The van der Waals surface area contributed by atoms with Gasteiger partial charge < -0.3 is 15.1 Å². The lowest BCUT2D eigenvalue weighted by atomic mass is 9.84. The molecule has 3 heterocycles. The van der Waals surface area contributed by atoms with Crippen molar-refractivity contribution in [1.29, 1.82) is 0 Å². The van der Waals surface area contributed by atoms with Crippen LogP contribution in [0.3, 0.4) is 0 Å². The number of nitrogens with one attached hydrogen (secondary N) is 1. The van der Waals surface area contributed by atoms with Crippen molar-refractivity contribution in [2.75, 3.05) is 31.5 Å². The highest BCUT2D eigenvalue weighted by Gasteiger charge is 2.45. The number of hydrogen-bond acceptors (Lipinski definition) is 4. The largest absolute Gasteiger partial charge is 0.371 e. The number of anilines is 1. The maximum absolute atomic E-state index is 13.2. The summed E-state index contributed by atoms with van der Waals surface area (Å²) in [4.78, 5) is 29.6. The highest BCUT2D eigenvalue weighted by Crippen LogP contribution is 2.31. The van der Waals surface area contributed by atoms with E-state index in [2.05, 4.69) is 10.4 Å². The van der Waals surface area contributed by atoms with Gasteiger partial charge in [0.15, 0.2) is 0 Å². The van der Waals surface area contributed by atoms with Crippen LogP contribution in [0.1, 0.15) is 29.8 Å². The fraction of sp³-hybridized carbons (Fsp3) is 0.450. The number of nitrogens with zero attached hydrogens (tertiary/aromatic N) is 4. The Kier molecular flexibility index (Phi) is 4.59. The summed E-state index contributed by atoms with van der Waals surface area (Å²) in [6, 6.07) is 11.6. The van der Waals surface area contributed by atoms with Crippen LogP contribution in [0.4, 0.5) is 5.69 Å². The zero-order chi connectivity index (χ0) is 18.9. The molecule has 2 aliphatic rings. The first-order valence-corrected chi connectivity index (χ1v) is 9.49. The molecule has 1 aromatic heterocycles. The lowest BCUT2D eigenvalue weighted by Crippen LogP contribution is -2.62. The molecule has 0 saturated carbocycles. The van der Waals surface area contributed by atoms with Crippen LogP contribution in [-0.4, -0.2) is 63.1 Å². The van der Waals surface area contributed by atoms with Crippen molar-refractivity contribution in [1.82, 2.24) is 19.6 Å². The second-order valence-electron chi connectivity index (χ2n) is 7.39. The number of amides is 2. The third-order valence-corrected chi connectivity index (χ3v) is 5.55. The Hall–Kier alpha value is -2.83. The molecule has 2 saturated heterocycles. The minimum Gasteiger partial charge on any atom is -0.371 e. The number of likely N-dealkylation sites (tertiary alicyclic amines) is 2. The predicted octanol–water partition coefficient (Wildman–Crippen LogP) is 1.74. The van der Waals surface area contributed by atoms with E-state index in [1.807, 2.05) is 35.2 Å². The number of benzene rings is 1.